The molecule has 0 aliphatic rings. The number of rotatable bonds is 18. The minimum Gasteiger partial charge on any atom is -0.480 e. The number of carbonyl (C=O) groups is 4. The average Bonchev–Trinajstić information content (AvgIpc) is 2.77. The molecule has 0 saturated heterocycles. The van der Waals surface area contributed by atoms with Crippen LogP contribution in [0.5, 0.6) is 0 Å². The first-order chi connectivity index (χ1) is 16.9. The number of nitrogens with zero attached hydrogens (tertiary/aromatic N) is 1. The molecule has 0 rings (SSSR count). The molecule has 0 radical (unpaired) electrons. The van der Waals surface area contributed by atoms with Crippen LogP contribution in [0.1, 0.15) is 73.1 Å². The fourth-order valence-corrected chi connectivity index (χ4v) is 4.41. The van der Waals surface area contributed by atoms with Gasteiger partial charge in [0, 0.05) is 24.5 Å². The molecular weight excluding hydrogens is 480 g/mol. The molecule has 0 fully saturated rings. The monoisotopic (exact) mass is 524 g/mol. The lowest BCUT2D eigenvalue weighted by atomic mass is 10.1. The lowest BCUT2D eigenvalue weighted by molar-refractivity contribution is -0.142. The van der Waals surface area contributed by atoms with Crippen molar-refractivity contribution in [1.82, 2.24) is 10.2 Å². The molecule has 0 aromatic carbocycles. The second kappa shape index (κ2) is 18.5. The second-order valence-electron chi connectivity index (χ2n) is 9.04. The van der Waals surface area contributed by atoms with Crippen LogP contribution in [0.4, 0.5) is 4.79 Å². The molecule has 204 valence electrons. The van der Waals surface area contributed by atoms with E-state index in [1.54, 1.807) is 6.92 Å². The summed E-state index contributed by atoms with van der Waals surface area (Å²) in [4.78, 5) is 48.5. The topological polar surface area (TPSA) is 156 Å². The van der Waals surface area contributed by atoms with E-state index in [-0.39, 0.29) is 25.1 Å². The van der Waals surface area contributed by atoms with Crippen LogP contribution in [0, 0.1) is 0 Å². The number of carbonyl (C=O) groups excluding carboxylic acids is 3. The van der Waals surface area contributed by atoms with Crippen molar-refractivity contribution in [2.75, 3.05) is 18.1 Å². The van der Waals surface area contributed by atoms with Gasteiger partial charge in [-0.05, 0) is 66.7 Å². The lowest BCUT2D eigenvalue weighted by Crippen LogP contribution is -2.55. The highest BCUT2D eigenvalue weighted by Crippen LogP contribution is 2.14. The number of hydrogen-bond donors (Lipinski definition) is 4. The summed E-state index contributed by atoms with van der Waals surface area (Å²) in [6.07, 6.45) is 10.4. The Morgan fingerprint density at radius 3 is 2.03 bits per heavy atom. The quantitative estimate of drug-likeness (QED) is 0.158. The number of aliphatic carboxylic acids is 1. The first-order valence-corrected chi connectivity index (χ1v) is 13.4. The zero-order valence-electron chi connectivity index (χ0n) is 22.3. The summed E-state index contributed by atoms with van der Waals surface area (Å²) in [7, 11) is 0. The number of primary amides is 2. The van der Waals surface area contributed by atoms with E-state index in [0.29, 0.717) is 5.75 Å². The van der Waals surface area contributed by atoms with Gasteiger partial charge in [0.1, 0.15) is 12.1 Å². The molecular formula is C26H44N4O5S. The Morgan fingerprint density at radius 2 is 1.53 bits per heavy atom. The number of nitrogens with two attached hydrogens (primary N) is 2. The van der Waals surface area contributed by atoms with E-state index >= 15 is 0 Å². The maximum absolute atomic E-state index is 12.8. The van der Waals surface area contributed by atoms with E-state index < -0.39 is 35.9 Å². The Labute approximate surface area is 219 Å². The minimum absolute atomic E-state index is 0.0395. The minimum atomic E-state index is -1.18. The van der Waals surface area contributed by atoms with Gasteiger partial charge in [0.15, 0.2) is 0 Å². The SMILES string of the molecule is CCN(C(N)=O)C(CCC(N)=O)C(=O)N[C@@H](CSC/C=C(\C)CC/C=C(\C)CCC=C(C)C)C(=O)O. The average molecular weight is 525 g/mol. The van der Waals surface area contributed by atoms with Gasteiger partial charge in [0.2, 0.25) is 11.8 Å². The number of allylic oxidation sites excluding steroid dienone is 5. The van der Waals surface area contributed by atoms with Crippen molar-refractivity contribution in [1.29, 1.82) is 0 Å². The largest absolute Gasteiger partial charge is 0.480 e. The van der Waals surface area contributed by atoms with E-state index in [4.69, 9.17) is 11.5 Å². The third-order valence-electron chi connectivity index (χ3n) is 5.54. The van der Waals surface area contributed by atoms with Gasteiger partial charge < -0.3 is 26.8 Å². The van der Waals surface area contributed by atoms with Gasteiger partial charge in [-0.25, -0.2) is 9.59 Å². The molecule has 9 nitrogen and oxygen atoms in total. The predicted octanol–water partition coefficient (Wildman–Crippen LogP) is 3.74. The molecule has 1 unspecified atom stereocenters. The van der Waals surface area contributed by atoms with Crippen LogP contribution in [0.25, 0.3) is 0 Å². The number of likely N-dealkylation sites (N-methyl/N-ethyl adjacent to an activating group) is 1. The Kier molecular flexibility index (Phi) is 17.1. The summed E-state index contributed by atoms with van der Waals surface area (Å²) < 4.78 is 0. The highest BCUT2D eigenvalue weighted by atomic mass is 32.2. The third kappa shape index (κ3) is 15.3. The maximum atomic E-state index is 12.8. The molecule has 2 atom stereocenters. The summed E-state index contributed by atoms with van der Waals surface area (Å²) in [6.45, 7) is 10.2. The normalized spacial score (nSPS) is 13.5. The molecule has 0 aliphatic heterocycles. The van der Waals surface area contributed by atoms with Crippen molar-refractivity contribution in [2.24, 2.45) is 11.5 Å². The molecule has 10 heteroatoms. The van der Waals surface area contributed by atoms with E-state index in [1.807, 2.05) is 0 Å². The number of carboxylic acids is 1. The van der Waals surface area contributed by atoms with Crippen LogP contribution in [0.15, 0.2) is 34.9 Å². The van der Waals surface area contributed by atoms with Crippen LogP contribution >= 0.6 is 11.8 Å². The summed E-state index contributed by atoms with van der Waals surface area (Å²) >= 11 is 1.39. The summed E-state index contributed by atoms with van der Waals surface area (Å²) in [5.74, 6) is -1.72. The van der Waals surface area contributed by atoms with E-state index in [1.165, 1.54) is 28.5 Å². The van der Waals surface area contributed by atoms with Gasteiger partial charge >= 0.3 is 12.0 Å². The molecule has 0 heterocycles. The molecule has 4 amide bonds. The van der Waals surface area contributed by atoms with Crippen molar-refractivity contribution >= 4 is 35.6 Å². The highest BCUT2D eigenvalue weighted by molar-refractivity contribution is 7.99. The Morgan fingerprint density at radius 1 is 0.944 bits per heavy atom. The summed E-state index contributed by atoms with van der Waals surface area (Å²) in [6, 6.07) is -3.06. The molecule has 0 aliphatic carbocycles. The van der Waals surface area contributed by atoms with Crippen molar-refractivity contribution in [3.8, 4) is 0 Å². The summed E-state index contributed by atoms with van der Waals surface area (Å²) in [5.41, 5.74) is 14.5. The van der Waals surface area contributed by atoms with E-state index in [0.717, 1.165) is 30.6 Å². The van der Waals surface area contributed by atoms with Crippen LogP contribution in [0.2, 0.25) is 0 Å². The molecule has 0 saturated carbocycles. The fourth-order valence-electron chi connectivity index (χ4n) is 3.41. The standard InChI is InChI=1S/C26H44N4O5S/c1-6-30(26(28)35)22(13-14-23(27)31)24(32)29-21(25(33)34)17-36-16-15-20(5)12-8-11-19(4)10-7-9-18(2)3/h9,11,15,21-22H,6-8,10,12-14,16-17H2,1-5H3,(H2,27,31)(H2,28,35)(H,29,32)(H,33,34)/b19-11+,20-15+/t21-,22?/m0/s1. The van der Waals surface area contributed by atoms with Gasteiger partial charge in [0.25, 0.3) is 0 Å². The number of hydrogen-bond acceptors (Lipinski definition) is 5. The molecule has 0 bridgehead atoms. The van der Waals surface area contributed by atoms with Gasteiger partial charge in [-0.3, -0.25) is 9.59 Å². The van der Waals surface area contributed by atoms with Crippen LogP contribution < -0.4 is 16.8 Å². The van der Waals surface area contributed by atoms with Crippen LogP contribution in [0.3, 0.4) is 0 Å². The van der Waals surface area contributed by atoms with Gasteiger partial charge in [-0.15, -0.1) is 0 Å². The number of amides is 4. The van der Waals surface area contributed by atoms with E-state index in [9.17, 15) is 24.3 Å². The first kappa shape index (κ1) is 33.2. The lowest BCUT2D eigenvalue weighted by Gasteiger charge is -2.29. The van der Waals surface area contributed by atoms with Crippen LogP contribution in [-0.2, 0) is 14.4 Å². The molecule has 6 N–H and O–H groups in total. The van der Waals surface area contributed by atoms with Crippen molar-refractivity contribution in [2.45, 2.75) is 85.2 Å². The van der Waals surface area contributed by atoms with Crippen LogP contribution in [-0.4, -0.2) is 64.0 Å². The maximum Gasteiger partial charge on any atom is 0.327 e. The van der Waals surface area contributed by atoms with E-state index in [2.05, 4.69) is 51.2 Å². The van der Waals surface area contributed by atoms with Crippen molar-refractivity contribution < 1.29 is 24.3 Å². The van der Waals surface area contributed by atoms with Crippen molar-refractivity contribution in [3.05, 3.63) is 34.9 Å². The fraction of sp³-hybridized carbons (Fsp3) is 0.615. The third-order valence-corrected chi connectivity index (χ3v) is 6.51. The highest BCUT2D eigenvalue weighted by Gasteiger charge is 2.31. The predicted molar refractivity (Wildman–Crippen MR) is 146 cm³/mol. The number of urea groups is 1. The number of thioether (sulfide) groups is 1. The zero-order chi connectivity index (χ0) is 27.7. The molecule has 0 spiro atoms. The molecule has 0 aromatic heterocycles. The molecule has 0 aromatic rings. The van der Waals surface area contributed by atoms with Gasteiger partial charge in [-0.1, -0.05) is 34.9 Å². The molecule has 36 heavy (non-hydrogen) atoms. The van der Waals surface area contributed by atoms with Gasteiger partial charge in [-0.2, -0.15) is 11.8 Å². The summed E-state index contributed by atoms with van der Waals surface area (Å²) in [5, 5.41) is 12.0. The first-order valence-electron chi connectivity index (χ1n) is 12.3. The Balaban J connectivity index is 4.82. The smallest absolute Gasteiger partial charge is 0.327 e. The second-order valence-corrected chi connectivity index (χ2v) is 10.1. The zero-order valence-corrected chi connectivity index (χ0v) is 23.2. The Bertz CT molecular complexity index is 834. The van der Waals surface area contributed by atoms with Gasteiger partial charge in [0.05, 0.1) is 0 Å². The Hall–Kier alpha value is -2.75. The number of carboxylic acid groups (broad SMARTS) is 1. The number of nitrogens with one attached hydrogen (secondary N) is 1. The van der Waals surface area contributed by atoms with Crippen molar-refractivity contribution in [3.63, 3.8) is 0 Å².